The average molecular weight is 204 g/mol. The monoisotopic (exact) mass is 204 g/mol. The van der Waals surface area contributed by atoms with Crippen LogP contribution in [-0.2, 0) is 14.0 Å². The zero-order valence-electron chi connectivity index (χ0n) is 8.43. The van der Waals surface area contributed by atoms with Gasteiger partial charge in [0.05, 0.1) is 0 Å². The first-order valence-corrected chi connectivity index (χ1v) is 6.52. The van der Waals surface area contributed by atoms with Crippen molar-refractivity contribution in [3.8, 4) is 0 Å². The highest BCUT2D eigenvalue weighted by Crippen LogP contribution is 1.95. The van der Waals surface area contributed by atoms with E-state index in [1.54, 1.807) is 6.55 Å². The Balaban J connectivity index is 4.32. The van der Waals surface area contributed by atoms with Gasteiger partial charge in [-0.25, -0.2) is 0 Å². The molecule has 0 rings (SSSR count). The molecule has 0 saturated heterocycles. The van der Waals surface area contributed by atoms with E-state index in [1.807, 2.05) is 6.92 Å². The first-order valence-electron chi connectivity index (χ1n) is 4.11. The van der Waals surface area contributed by atoms with E-state index in [9.17, 15) is 9.59 Å². The quantitative estimate of drug-likeness (QED) is 0.627. The molecular weight excluding hydrogens is 188 g/mol. The van der Waals surface area contributed by atoms with Crippen LogP contribution in [0.1, 0.15) is 20.8 Å². The van der Waals surface area contributed by atoms with Crippen LogP contribution < -0.4 is 9.96 Å². The van der Waals surface area contributed by atoms with Gasteiger partial charge in [0.2, 0.25) is 11.8 Å². The summed E-state index contributed by atoms with van der Waals surface area (Å²) in [5, 5.41) is 0. The maximum Gasteiger partial charge on any atom is 0.415 e. The molecule has 0 spiro atoms. The molecule has 0 aromatic carbocycles. The van der Waals surface area contributed by atoms with Crippen LogP contribution in [0.3, 0.4) is 0 Å². The largest absolute Gasteiger partial charge is 0.415 e. The molecule has 0 atom stereocenters. The van der Waals surface area contributed by atoms with Gasteiger partial charge in [0.1, 0.15) is 0 Å². The summed E-state index contributed by atoms with van der Waals surface area (Å²) in [7, 11) is -2.57. The number of carbonyl (C=O) groups excluding carboxylic acids is 2. The van der Waals surface area contributed by atoms with E-state index in [0.717, 1.165) is 0 Å². The van der Waals surface area contributed by atoms with E-state index >= 15 is 0 Å². The fourth-order valence-electron chi connectivity index (χ4n) is 1.06. The predicted molar refractivity (Wildman–Crippen MR) is 50.9 cm³/mol. The summed E-state index contributed by atoms with van der Waals surface area (Å²) in [6.45, 7) is 6.79. The molecule has 0 aliphatic heterocycles. The van der Waals surface area contributed by atoms with Crippen LogP contribution in [-0.4, -0.2) is 27.1 Å². The van der Waals surface area contributed by atoms with Crippen molar-refractivity contribution in [2.45, 2.75) is 27.3 Å². The molecule has 0 unspecified atom stereocenters. The van der Waals surface area contributed by atoms with E-state index in [0.29, 0.717) is 6.61 Å². The van der Waals surface area contributed by atoms with Gasteiger partial charge in [-0.1, -0.05) is 0 Å². The van der Waals surface area contributed by atoms with E-state index in [2.05, 4.69) is 9.96 Å². The van der Waals surface area contributed by atoms with Gasteiger partial charge < -0.3 is 14.4 Å². The fourth-order valence-corrected chi connectivity index (χ4v) is 3.19. The van der Waals surface area contributed by atoms with Gasteiger partial charge in [-0.05, 0) is 13.5 Å². The first-order chi connectivity index (χ1) is 5.89. The second kappa shape index (κ2) is 4.98. The van der Waals surface area contributed by atoms with Gasteiger partial charge in [-0.3, -0.25) is 9.59 Å². The molecule has 0 aromatic heterocycles. The minimum absolute atomic E-state index is 0.198. The second-order valence-electron chi connectivity index (χ2n) is 2.83. The lowest BCUT2D eigenvalue weighted by Gasteiger charge is -2.26. The molecule has 2 amide bonds. The van der Waals surface area contributed by atoms with Crippen molar-refractivity contribution in [3.05, 3.63) is 0 Å². The molecule has 5 nitrogen and oxygen atoms in total. The Labute approximate surface area is 79.1 Å². The maximum absolute atomic E-state index is 10.8. The van der Waals surface area contributed by atoms with Crippen LogP contribution >= 0.6 is 0 Å². The maximum atomic E-state index is 10.8. The highest BCUT2D eigenvalue weighted by atomic mass is 28.4. The SMILES string of the molecule is CCO[Si](C)(NC(C)=O)NC(C)=O. The van der Waals surface area contributed by atoms with Crippen LogP contribution in [0.5, 0.6) is 0 Å². The molecular formula is C7H16N2O3Si. The predicted octanol–water partition coefficient (Wildman–Crippen LogP) is -0.136. The lowest BCUT2D eigenvalue weighted by molar-refractivity contribution is -0.118. The summed E-state index contributed by atoms with van der Waals surface area (Å²) in [6.07, 6.45) is 0. The molecule has 0 aliphatic rings. The average Bonchev–Trinajstić information content (AvgIpc) is 1.81. The second-order valence-corrected chi connectivity index (χ2v) is 5.68. The van der Waals surface area contributed by atoms with Gasteiger partial charge in [-0.2, -0.15) is 0 Å². The van der Waals surface area contributed by atoms with Gasteiger partial charge >= 0.3 is 8.64 Å². The Kier molecular flexibility index (Phi) is 4.64. The number of carbonyl (C=O) groups is 2. The molecule has 0 saturated carbocycles. The van der Waals surface area contributed by atoms with Crippen LogP contribution in [0, 0.1) is 0 Å². The van der Waals surface area contributed by atoms with Crippen molar-refractivity contribution in [2.24, 2.45) is 0 Å². The Hall–Kier alpha value is -0.883. The zero-order chi connectivity index (χ0) is 10.5. The summed E-state index contributed by atoms with van der Waals surface area (Å²) in [5.74, 6) is -0.396. The van der Waals surface area contributed by atoms with E-state index < -0.39 is 8.64 Å². The van der Waals surface area contributed by atoms with Crippen molar-refractivity contribution in [2.75, 3.05) is 6.61 Å². The standard InChI is InChI=1S/C7H16N2O3Si/c1-5-12-13(4,8-6(2)10)9-7(3)11/h5H2,1-4H3,(H,8,10)(H,9,11). The van der Waals surface area contributed by atoms with Crippen LogP contribution in [0.15, 0.2) is 0 Å². The molecule has 0 radical (unpaired) electrons. The summed E-state index contributed by atoms with van der Waals surface area (Å²) in [6, 6.07) is 0. The topological polar surface area (TPSA) is 67.4 Å². The normalized spacial score (nSPS) is 10.8. The summed E-state index contributed by atoms with van der Waals surface area (Å²) in [5.41, 5.74) is 0. The lowest BCUT2D eigenvalue weighted by atomic mass is 10.8. The highest BCUT2D eigenvalue weighted by Gasteiger charge is 2.32. The van der Waals surface area contributed by atoms with Crippen molar-refractivity contribution in [1.82, 2.24) is 9.96 Å². The molecule has 0 fully saturated rings. The number of nitrogens with one attached hydrogen (secondary N) is 2. The fraction of sp³-hybridized carbons (Fsp3) is 0.714. The Morgan fingerprint density at radius 2 is 1.62 bits per heavy atom. The van der Waals surface area contributed by atoms with Gasteiger partial charge in [0.15, 0.2) is 0 Å². The molecule has 0 aliphatic carbocycles. The zero-order valence-corrected chi connectivity index (χ0v) is 9.43. The molecule has 6 heteroatoms. The smallest absolute Gasteiger partial charge is 0.384 e. The number of hydrogen-bond donors (Lipinski definition) is 2. The minimum Gasteiger partial charge on any atom is -0.384 e. The van der Waals surface area contributed by atoms with Gasteiger partial charge in [0.25, 0.3) is 0 Å². The Morgan fingerprint density at radius 3 is 1.85 bits per heavy atom. The van der Waals surface area contributed by atoms with Crippen molar-refractivity contribution < 1.29 is 14.0 Å². The molecule has 0 aromatic rings. The molecule has 0 bridgehead atoms. The third kappa shape index (κ3) is 5.37. The molecule has 76 valence electrons. The van der Waals surface area contributed by atoms with Crippen LogP contribution in [0.2, 0.25) is 6.55 Å². The number of rotatable bonds is 4. The van der Waals surface area contributed by atoms with Crippen LogP contribution in [0.25, 0.3) is 0 Å². The third-order valence-electron chi connectivity index (χ3n) is 1.26. The minimum atomic E-state index is -2.57. The van der Waals surface area contributed by atoms with Crippen molar-refractivity contribution in [1.29, 1.82) is 0 Å². The van der Waals surface area contributed by atoms with Gasteiger partial charge in [0, 0.05) is 20.5 Å². The molecule has 13 heavy (non-hydrogen) atoms. The number of amides is 2. The van der Waals surface area contributed by atoms with E-state index in [-0.39, 0.29) is 11.8 Å². The highest BCUT2D eigenvalue weighted by molar-refractivity contribution is 6.71. The van der Waals surface area contributed by atoms with Gasteiger partial charge in [-0.15, -0.1) is 0 Å². The molecule has 2 N–H and O–H groups in total. The first kappa shape index (κ1) is 12.1. The number of hydrogen-bond acceptors (Lipinski definition) is 3. The Bertz CT molecular complexity index is 192. The summed E-state index contributed by atoms with van der Waals surface area (Å²) < 4.78 is 5.33. The summed E-state index contributed by atoms with van der Waals surface area (Å²) in [4.78, 5) is 26.9. The van der Waals surface area contributed by atoms with Crippen molar-refractivity contribution >= 4 is 20.5 Å². The van der Waals surface area contributed by atoms with E-state index in [4.69, 9.17) is 4.43 Å². The summed E-state index contributed by atoms with van der Waals surface area (Å²) >= 11 is 0. The third-order valence-corrected chi connectivity index (χ3v) is 3.79. The van der Waals surface area contributed by atoms with Crippen molar-refractivity contribution in [3.63, 3.8) is 0 Å². The van der Waals surface area contributed by atoms with E-state index in [1.165, 1.54) is 13.8 Å². The Morgan fingerprint density at radius 1 is 1.23 bits per heavy atom. The molecule has 0 heterocycles. The van der Waals surface area contributed by atoms with Crippen LogP contribution in [0.4, 0.5) is 0 Å². The lowest BCUT2D eigenvalue weighted by Crippen LogP contribution is -2.65.